The highest BCUT2D eigenvalue weighted by Gasteiger charge is 2.49. The van der Waals surface area contributed by atoms with Gasteiger partial charge in [-0.15, -0.1) is 0 Å². The number of hydrogen-bond donors (Lipinski definition) is 3. The Hall–Kier alpha value is -9.42. The molecule has 17 nitrogen and oxygen atoms in total. The number of amides is 6. The Bertz CT molecular complexity index is 4180. The van der Waals surface area contributed by atoms with Crippen molar-refractivity contribution in [1.29, 1.82) is 0 Å². The molecule has 0 bridgehead atoms. The molecule has 4 aliphatic heterocycles. The quantitative estimate of drug-likeness (QED) is 0.0137. The zero-order valence-electron chi connectivity index (χ0n) is 59.6. The first-order chi connectivity index (χ1) is 49.4. The molecule has 9 aromatic carbocycles. The Kier molecular flexibility index (Phi) is 19.1. The molecule has 102 heavy (non-hydrogen) atoms. The number of fused-ring (bicyclic) bond motifs is 2. The van der Waals surface area contributed by atoms with Crippen LogP contribution in [0.3, 0.4) is 0 Å². The van der Waals surface area contributed by atoms with Crippen LogP contribution in [-0.4, -0.2) is 109 Å². The number of unbranched alkanes of at least 4 members (excludes halogenated alkanes) is 1. The van der Waals surface area contributed by atoms with Crippen LogP contribution in [0.1, 0.15) is 213 Å². The van der Waals surface area contributed by atoms with Crippen LogP contribution >= 0.6 is 0 Å². The average molecular weight is 1370 g/mol. The number of carbonyl (C=O) groups is 6. The smallest absolute Gasteiger partial charge is 0.262 e. The fourth-order valence-electron chi connectivity index (χ4n) is 16.1. The molecule has 9 aromatic rings. The number of nitrogens with zero attached hydrogens (tertiary/aromatic N) is 2. The van der Waals surface area contributed by atoms with E-state index in [0.29, 0.717) is 114 Å². The highest BCUT2D eigenvalue weighted by atomic mass is 16.6. The van der Waals surface area contributed by atoms with Gasteiger partial charge in [-0.05, 0) is 176 Å². The van der Waals surface area contributed by atoms with Crippen LogP contribution < -0.4 is 34.9 Å². The van der Waals surface area contributed by atoms with E-state index in [1.165, 1.54) is 9.80 Å². The Morgan fingerprint density at radius 3 is 1.00 bits per heavy atom. The van der Waals surface area contributed by atoms with Gasteiger partial charge in [0.2, 0.25) is 11.8 Å². The molecule has 6 amide bonds. The molecular formula is C85H91N5O12. The lowest BCUT2D eigenvalue weighted by molar-refractivity contribution is -0.127. The number of rotatable bonds is 28. The molecule has 0 aromatic heterocycles. The van der Waals surface area contributed by atoms with Gasteiger partial charge in [0.25, 0.3) is 23.6 Å². The fraction of sp³-hybridized carbons (Fsp3) is 0.412. The maximum absolute atomic E-state index is 16.5. The van der Waals surface area contributed by atoms with E-state index in [1.54, 1.807) is 24.3 Å². The third-order valence-electron chi connectivity index (χ3n) is 21.9. The highest BCUT2D eigenvalue weighted by Crippen LogP contribution is 2.59. The normalized spacial score (nSPS) is 18.2. The van der Waals surface area contributed by atoms with Gasteiger partial charge in [-0.2, -0.15) is 0 Å². The number of carbonyl (C=O) groups excluding carboxylic acids is 6. The average Bonchev–Trinajstić information content (AvgIpc) is 0.922. The molecule has 4 unspecified atom stereocenters. The molecule has 2 saturated heterocycles. The van der Waals surface area contributed by atoms with Gasteiger partial charge >= 0.3 is 0 Å². The number of hydrogen-bond acceptors (Lipinski definition) is 13. The molecule has 528 valence electrons. The highest BCUT2D eigenvalue weighted by molar-refractivity contribution is 6.45. The van der Waals surface area contributed by atoms with Crippen molar-refractivity contribution in [2.75, 3.05) is 39.4 Å². The first-order valence-corrected chi connectivity index (χ1v) is 37.1. The van der Waals surface area contributed by atoms with Crippen molar-refractivity contribution in [3.05, 3.63) is 166 Å². The lowest BCUT2D eigenvalue weighted by atomic mass is 9.79. The number of nitrogens with one attached hydrogen (secondary N) is 3. The van der Waals surface area contributed by atoms with Gasteiger partial charge in [-0.3, -0.25) is 38.6 Å². The summed E-state index contributed by atoms with van der Waals surface area (Å²) in [7, 11) is 0. The topological polar surface area (TPSA) is 207 Å². The number of imide groups is 2. The summed E-state index contributed by atoms with van der Waals surface area (Å²) in [6, 6.07) is 35.5. The van der Waals surface area contributed by atoms with Crippen molar-refractivity contribution < 1.29 is 57.2 Å². The second kappa shape index (κ2) is 28.4. The van der Waals surface area contributed by atoms with Crippen LogP contribution in [0.15, 0.2) is 121 Å². The summed E-state index contributed by atoms with van der Waals surface area (Å²) in [6.45, 7) is 20.0. The molecule has 4 atom stereocenters. The van der Waals surface area contributed by atoms with Gasteiger partial charge in [0.1, 0.15) is 58.1 Å². The summed E-state index contributed by atoms with van der Waals surface area (Å²) in [4.78, 5) is 98.7. The van der Waals surface area contributed by atoms with Crippen LogP contribution in [0.5, 0.6) is 46.0 Å². The standard InChI is InChI=1S/C85H91N5O12/c1-46(2)50-20-28-56(29-21-50)99-66-39-62-70-63(83(94)89(82(62)93)78(54-15-9-10-16-54)80(91)87-36-14-13-19-60-44-97-60)40-67(100-57-30-22-51(23-31-57)47(3)4)73-75-69(102-59-34-26-53(27-35-59)49(7)8)42-65-71-64(41-68(74(77(71)75)72(66)76(70)73)101-58-32-24-52(25-33-58)48(5)6)84(95)90(85(65)96)79(55-17-11-12-18-55)81(92)88-38-37-86-43-61-45-98-61/h20-35,39-42,46-49,54-55,60-61,78-79,86H,9-19,36-38,43-45H2,1-8H3,(H,87,91)(H,88,92). The van der Waals surface area contributed by atoms with E-state index in [2.05, 4.69) is 71.3 Å². The van der Waals surface area contributed by atoms with Crippen molar-refractivity contribution in [2.45, 2.75) is 174 Å². The Balaban J connectivity index is 1.04. The first-order valence-electron chi connectivity index (χ1n) is 37.1. The Morgan fingerprint density at radius 2 is 0.706 bits per heavy atom. The van der Waals surface area contributed by atoms with Crippen LogP contribution in [0.2, 0.25) is 0 Å². The summed E-state index contributed by atoms with van der Waals surface area (Å²) >= 11 is 0. The van der Waals surface area contributed by atoms with Crippen LogP contribution in [0.4, 0.5) is 0 Å². The van der Waals surface area contributed by atoms with E-state index in [0.717, 1.165) is 67.4 Å². The molecule has 2 aliphatic carbocycles. The van der Waals surface area contributed by atoms with Crippen molar-refractivity contribution in [1.82, 2.24) is 25.8 Å². The molecule has 17 heteroatoms. The summed E-state index contributed by atoms with van der Waals surface area (Å²) in [5.41, 5.74) is 4.70. The molecule has 0 spiro atoms. The SMILES string of the molecule is CC(C)c1ccc(Oc2cc3c4c(cc(Oc5ccc(C(C)C)cc5)c5c6c(Oc7ccc(C(C)C)cc7)cc7c8c(cc(Oc9ccc(C(C)C)cc9)c(c2c45)c86)C(=O)N(C(C(=O)NCCNCC2CO2)C2CCCC2)C7=O)C(=O)N(C(C(=O)NCCCCC2CO2)C2CCCC2)C3=O)cc1. The molecule has 4 heterocycles. The summed E-state index contributed by atoms with van der Waals surface area (Å²) in [5, 5.41) is 12.4. The van der Waals surface area contributed by atoms with Gasteiger partial charge in [0.15, 0.2) is 0 Å². The number of benzene rings is 9. The van der Waals surface area contributed by atoms with Gasteiger partial charge in [-0.25, -0.2) is 0 Å². The minimum absolute atomic E-state index is 0.106. The van der Waals surface area contributed by atoms with E-state index < -0.39 is 47.5 Å². The molecule has 2 saturated carbocycles. The van der Waals surface area contributed by atoms with Crippen LogP contribution in [-0.2, 0) is 19.1 Å². The predicted octanol–water partition coefficient (Wildman–Crippen LogP) is 17.5. The van der Waals surface area contributed by atoms with Crippen molar-refractivity contribution in [3.63, 3.8) is 0 Å². The molecule has 3 N–H and O–H groups in total. The van der Waals surface area contributed by atoms with Gasteiger partial charge < -0.3 is 44.4 Å². The molecule has 6 aliphatic rings. The third kappa shape index (κ3) is 13.2. The Labute approximate surface area is 595 Å². The van der Waals surface area contributed by atoms with Crippen LogP contribution in [0, 0.1) is 11.8 Å². The predicted molar refractivity (Wildman–Crippen MR) is 395 cm³/mol. The van der Waals surface area contributed by atoms with Crippen molar-refractivity contribution in [3.8, 4) is 46.0 Å². The van der Waals surface area contributed by atoms with E-state index in [4.69, 9.17) is 28.4 Å². The maximum Gasteiger partial charge on any atom is 0.262 e. The second-order valence-electron chi connectivity index (χ2n) is 30.1. The van der Waals surface area contributed by atoms with E-state index in [9.17, 15) is 0 Å². The summed E-state index contributed by atoms with van der Waals surface area (Å²) < 4.78 is 40.4. The van der Waals surface area contributed by atoms with Gasteiger partial charge in [0, 0.05) is 69.3 Å². The molecule has 0 radical (unpaired) electrons. The monoisotopic (exact) mass is 1370 g/mol. The minimum Gasteiger partial charge on any atom is -0.457 e. The molecular weight excluding hydrogens is 1280 g/mol. The molecule has 4 fully saturated rings. The summed E-state index contributed by atoms with van der Waals surface area (Å²) in [5.74, 6) is -1.06. The van der Waals surface area contributed by atoms with E-state index in [1.807, 2.05) is 97.1 Å². The fourth-order valence-corrected chi connectivity index (χ4v) is 16.1. The first kappa shape index (κ1) is 68.4. The Morgan fingerprint density at radius 1 is 0.402 bits per heavy atom. The zero-order valence-corrected chi connectivity index (χ0v) is 59.6. The lowest BCUT2D eigenvalue weighted by Crippen LogP contribution is -2.57. The van der Waals surface area contributed by atoms with Gasteiger partial charge in [0.05, 0.1) is 47.7 Å². The second-order valence-corrected chi connectivity index (χ2v) is 30.1. The summed E-state index contributed by atoms with van der Waals surface area (Å²) in [6.07, 6.45) is 8.65. The van der Waals surface area contributed by atoms with Crippen molar-refractivity contribution in [2.24, 2.45) is 11.8 Å². The largest absolute Gasteiger partial charge is 0.457 e. The van der Waals surface area contributed by atoms with Crippen LogP contribution in [0.25, 0.3) is 43.1 Å². The number of epoxide rings is 2. The lowest BCUT2D eigenvalue weighted by Gasteiger charge is -2.38. The van der Waals surface area contributed by atoms with Crippen molar-refractivity contribution >= 4 is 78.5 Å². The number of ether oxygens (including phenoxy) is 6. The zero-order chi connectivity index (χ0) is 70.8. The molecule has 15 rings (SSSR count). The van der Waals surface area contributed by atoms with E-state index in [-0.39, 0.29) is 110 Å². The maximum atomic E-state index is 16.5. The third-order valence-corrected chi connectivity index (χ3v) is 21.9. The van der Waals surface area contributed by atoms with E-state index >= 15 is 28.8 Å². The minimum atomic E-state index is -1.18. The van der Waals surface area contributed by atoms with Gasteiger partial charge in [-0.1, -0.05) is 130 Å².